The van der Waals surface area contributed by atoms with E-state index in [9.17, 15) is 9.59 Å². The Morgan fingerprint density at radius 2 is 2.09 bits per heavy atom. The molecule has 2 amide bonds. The van der Waals surface area contributed by atoms with Crippen molar-refractivity contribution in [3.63, 3.8) is 0 Å². The quantitative estimate of drug-likeness (QED) is 0.663. The number of nitrogens with one attached hydrogen (secondary N) is 1. The van der Waals surface area contributed by atoms with E-state index in [-0.39, 0.29) is 17.2 Å². The number of furan rings is 1. The van der Waals surface area contributed by atoms with Gasteiger partial charge in [0.05, 0.1) is 5.69 Å². The van der Waals surface area contributed by atoms with Crippen molar-refractivity contribution in [2.45, 2.75) is 46.5 Å². The molecule has 32 heavy (non-hydrogen) atoms. The van der Waals surface area contributed by atoms with Crippen LogP contribution in [0.15, 0.2) is 26.2 Å². The van der Waals surface area contributed by atoms with Crippen LogP contribution in [0.2, 0.25) is 0 Å². The van der Waals surface area contributed by atoms with E-state index < -0.39 is 0 Å². The average molecular weight is 439 g/mol. The highest BCUT2D eigenvalue weighted by Crippen LogP contribution is 2.59. The average Bonchev–Trinajstić information content (AvgIpc) is 3.11. The second kappa shape index (κ2) is 8.76. The molecule has 1 aliphatic heterocycles. The van der Waals surface area contributed by atoms with Gasteiger partial charge in [0.1, 0.15) is 17.1 Å². The van der Waals surface area contributed by atoms with Crippen molar-refractivity contribution in [1.29, 1.82) is 0 Å². The lowest BCUT2D eigenvalue weighted by Gasteiger charge is -2.33. The number of amides is 2. The van der Waals surface area contributed by atoms with Crippen LogP contribution in [0.3, 0.4) is 0 Å². The van der Waals surface area contributed by atoms with E-state index in [1.54, 1.807) is 25.3 Å². The molecule has 0 bridgehead atoms. The van der Waals surface area contributed by atoms with E-state index in [4.69, 9.17) is 8.94 Å². The van der Waals surface area contributed by atoms with Crippen LogP contribution >= 0.6 is 0 Å². The van der Waals surface area contributed by atoms with E-state index in [1.807, 2.05) is 18.7 Å². The van der Waals surface area contributed by atoms with Gasteiger partial charge < -0.3 is 19.2 Å². The fourth-order valence-electron chi connectivity index (χ4n) is 4.79. The van der Waals surface area contributed by atoms with Gasteiger partial charge in [0.25, 0.3) is 11.8 Å². The zero-order valence-electron chi connectivity index (χ0n) is 18.9. The minimum absolute atomic E-state index is 0.0191. The molecule has 1 atom stereocenters. The smallest absolute Gasteiger partial charge is 0.287 e. The Kier molecular flexibility index (Phi) is 6.04. The summed E-state index contributed by atoms with van der Waals surface area (Å²) in [5.74, 6) is 1.82. The lowest BCUT2D eigenvalue weighted by molar-refractivity contribution is 0.0666. The molecule has 0 aromatic carbocycles. The molecule has 2 aromatic heterocycles. The largest absolute Gasteiger partial charge is 0.456 e. The van der Waals surface area contributed by atoms with Gasteiger partial charge in [-0.15, -0.1) is 0 Å². The summed E-state index contributed by atoms with van der Waals surface area (Å²) in [5, 5.41) is 7.02. The van der Waals surface area contributed by atoms with Gasteiger partial charge in [-0.1, -0.05) is 12.1 Å². The first kappa shape index (κ1) is 22.0. The number of hydrogen-bond acceptors (Lipinski definition) is 6. The molecule has 8 heteroatoms. The number of likely N-dealkylation sites (tertiary alicyclic amines) is 1. The molecule has 0 radical (unpaired) electrons. The number of aromatic nitrogens is 1. The predicted molar refractivity (Wildman–Crippen MR) is 121 cm³/mol. The number of aryl methyl sites for hydroxylation is 3. The molecule has 4 rings (SSSR count). The standard InChI is InChI=1S/C24H30N4O4/c1-5-19-21(16(3)32-27-19)23(30)28-10-7-24(8-11-28)13-18(24)14-26-22(29)20-12-17(6-9-25-4)15(2)31-20/h6,9,12,18H,4-5,7-8,10-11,13-14H2,1-3H3,(H,26,29)/b9-6-. The van der Waals surface area contributed by atoms with Gasteiger partial charge in [0.15, 0.2) is 5.76 Å². The zero-order valence-corrected chi connectivity index (χ0v) is 18.9. The fourth-order valence-corrected chi connectivity index (χ4v) is 4.79. The highest BCUT2D eigenvalue weighted by atomic mass is 16.5. The van der Waals surface area contributed by atoms with Crippen LogP contribution < -0.4 is 5.32 Å². The minimum Gasteiger partial charge on any atom is -0.456 e. The number of rotatable bonds is 7. The number of aliphatic imine (C=N–C) groups is 1. The first-order valence-corrected chi connectivity index (χ1v) is 11.1. The Morgan fingerprint density at radius 3 is 2.78 bits per heavy atom. The maximum atomic E-state index is 13.0. The van der Waals surface area contributed by atoms with E-state index in [1.165, 1.54) is 0 Å². The van der Waals surface area contributed by atoms with E-state index >= 15 is 0 Å². The molecule has 170 valence electrons. The second-order valence-corrected chi connectivity index (χ2v) is 8.80. The summed E-state index contributed by atoms with van der Waals surface area (Å²) in [4.78, 5) is 31.1. The first-order valence-electron chi connectivity index (χ1n) is 11.1. The maximum Gasteiger partial charge on any atom is 0.287 e. The molecule has 2 fully saturated rings. The maximum absolute atomic E-state index is 13.0. The number of hydrogen-bond donors (Lipinski definition) is 1. The van der Waals surface area contributed by atoms with Crippen LogP contribution in [0, 0.1) is 25.2 Å². The van der Waals surface area contributed by atoms with Crippen LogP contribution in [0.1, 0.15) is 69.9 Å². The number of nitrogens with zero attached hydrogens (tertiary/aromatic N) is 3. The van der Waals surface area contributed by atoms with Crippen molar-refractivity contribution in [2.24, 2.45) is 16.3 Å². The van der Waals surface area contributed by atoms with Crippen molar-refractivity contribution in [3.05, 3.63) is 46.4 Å². The minimum atomic E-state index is -0.205. The van der Waals surface area contributed by atoms with Crippen LogP contribution in [-0.2, 0) is 6.42 Å². The van der Waals surface area contributed by atoms with Gasteiger partial charge >= 0.3 is 0 Å². The number of carbonyl (C=O) groups is 2. The monoisotopic (exact) mass is 438 g/mol. The van der Waals surface area contributed by atoms with Crippen LogP contribution in [0.5, 0.6) is 0 Å². The Labute approximate surface area is 187 Å². The molecular weight excluding hydrogens is 408 g/mol. The van der Waals surface area contributed by atoms with E-state index in [0.29, 0.717) is 41.7 Å². The molecule has 1 unspecified atom stereocenters. The molecule has 1 saturated carbocycles. The summed E-state index contributed by atoms with van der Waals surface area (Å²) < 4.78 is 10.8. The molecule has 8 nitrogen and oxygen atoms in total. The Hall–Kier alpha value is -3.16. The SMILES string of the molecule is C=N/C=C\c1cc(C(=O)NCC2CC23CCN(C(=O)c2c(CC)noc2C)CC3)oc1C. The lowest BCUT2D eigenvalue weighted by Crippen LogP contribution is -2.40. The summed E-state index contributed by atoms with van der Waals surface area (Å²) in [5.41, 5.74) is 2.39. The molecule has 2 aliphatic rings. The summed E-state index contributed by atoms with van der Waals surface area (Å²) in [7, 11) is 0. The van der Waals surface area contributed by atoms with E-state index in [2.05, 4.69) is 22.2 Å². The molecule has 3 heterocycles. The highest BCUT2D eigenvalue weighted by Gasteiger charge is 2.55. The van der Waals surface area contributed by atoms with Crippen molar-refractivity contribution in [2.75, 3.05) is 19.6 Å². The summed E-state index contributed by atoms with van der Waals surface area (Å²) in [6.45, 7) is 11.1. The molecule has 1 saturated heterocycles. The van der Waals surface area contributed by atoms with Gasteiger partial charge in [-0.2, -0.15) is 0 Å². The molecule has 2 aromatic rings. The summed E-state index contributed by atoms with van der Waals surface area (Å²) in [6, 6.07) is 1.72. The van der Waals surface area contributed by atoms with Crippen LogP contribution in [0.25, 0.3) is 6.08 Å². The zero-order chi connectivity index (χ0) is 22.9. The van der Waals surface area contributed by atoms with Gasteiger partial charge in [0, 0.05) is 31.4 Å². The van der Waals surface area contributed by atoms with Gasteiger partial charge in [-0.25, -0.2) is 0 Å². The van der Waals surface area contributed by atoms with Crippen molar-refractivity contribution in [3.8, 4) is 0 Å². The van der Waals surface area contributed by atoms with Gasteiger partial charge in [-0.3, -0.25) is 14.6 Å². The lowest BCUT2D eigenvalue weighted by atomic mass is 9.90. The summed E-state index contributed by atoms with van der Waals surface area (Å²) >= 11 is 0. The molecule has 1 aliphatic carbocycles. The number of piperidine rings is 1. The van der Waals surface area contributed by atoms with Crippen molar-refractivity contribution in [1.82, 2.24) is 15.4 Å². The predicted octanol–water partition coefficient (Wildman–Crippen LogP) is 3.79. The van der Waals surface area contributed by atoms with Crippen LogP contribution in [0.4, 0.5) is 0 Å². The number of carbonyl (C=O) groups excluding carboxylic acids is 2. The molecule has 1 N–H and O–H groups in total. The van der Waals surface area contributed by atoms with Crippen molar-refractivity contribution >= 4 is 24.6 Å². The fraction of sp³-hybridized carbons (Fsp3) is 0.500. The van der Waals surface area contributed by atoms with Crippen LogP contribution in [-0.4, -0.2) is 48.2 Å². The third-order valence-corrected chi connectivity index (χ3v) is 6.94. The Bertz CT molecular complexity index is 1060. The molecular formula is C24H30N4O4. The summed E-state index contributed by atoms with van der Waals surface area (Å²) in [6.07, 6.45) is 6.99. The van der Waals surface area contributed by atoms with Gasteiger partial charge in [-0.05, 0) is 69.7 Å². The molecule has 1 spiro atoms. The van der Waals surface area contributed by atoms with Crippen molar-refractivity contribution < 1.29 is 18.5 Å². The Morgan fingerprint density at radius 1 is 1.34 bits per heavy atom. The Balaban J connectivity index is 1.29. The normalized spacial score (nSPS) is 19.5. The first-order chi connectivity index (χ1) is 15.4. The third-order valence-electron chi connectivity index (χ3n) is 6.94. The highest BCUT2D eigenvalue weighted by molar-refractivity contribution is 5.96. The topological polar surface area (TPSA) is 101 Å². The van der Waals surface area contributed by atoms with Gasteiger partial charge in [0.2, 0.25) is 0 Å². The second-order valence-electron chi connectivity index (χ2n) is 8.80. The van der Waals surface area contributed by atoms with E-state index in [0.717, 1.165) is 43.6 Å². The third kappa shape index (κ3) is 4.13.